The molecule has 1 aliphatic rings. The van der Waals surface area contributed by atoms with E-state index < -0.39 is 5.97 Å². The Morgan fingerprint density at radius 3 is 3.22 bits per heavy atom. The average molecular weight is 266 g/mol. The highest BCUT2D eigenvalue weighted by Crippen LogP contribution is 2.30. The van der Waals surface area contributed by atoms with Gasteiger partial charge in [0.15, 0.2) is 0 Å². The number of thiophene rings is 1. The molecule has 6 nitrogen and oxygen atoms in total. The van der Waals surface area contributed by atoms with Crippen molar-refractivity contribution in [3.63, 3.8) is 0 Å². The number of carboxylic acid groups (broad SMARTS) is 1. The minimum absolute atomic E-state index is 0.276. The van der Waals surface area contributed by atoms with E-state index in [-0.39, 0.29) is 12.1 Å². The number of rotatable bonds is 2. The molecule has 1 aliphatic heterocycles. The third-order valence-electron chi connectivity index (χ3n) is 2.90. The molecule has 1 N–H and O–H groups in total. The molecule has 0 unspecified atom stereocenters. The van der Waals surface area contributed by atoms with Crippen LogP contribution in [0.15, 0.2) is 11.1 Å². The summed E-state index contributed by atoms with van der Waals surface area (Å²) in [4.78, 5) is 28.8. The zero-order chi connectivity index (χ0) is 12.7. The fourth-order valence-electron chi connectivity index (χ4n) is 2.11. The predicted molar refractivity (Wildman–Crippen MR) is 64.9 cm³/mol. The third kappa shape index (κ3) is 1.72. The van der Waals surface area contributed by atoms with E-state index in [2.05, 4.69) is 4.98 Å². The van der Waals surface area contributed by atoms with Crippen LogP contribution in [0.3, 0.4) is 0 Å². The van der Waals surface area contributed by atoms with Gasteiger partial charge in [-0.25, -0.2) is 4.98 Å². The standard InChI is InChI=1S/C11H10N2O4S/c14-8(15)3-13-5-12-10-9(11(13)16)6-1-2-17-4-7(6)18-10/h5H,1-4H2,(H,14,15). The van der Waals surface area contributed by atoms with Crippen LogP contribution in [0, 0.1) is 0 Å². The number of nitrogens with zero attached hydrogens (tertiary/aromatic N) is 2. The Balaban J connectivity index is 2.24. The summed E-state index contributed by atoms with van der Waals surface area (Å²) in [6.45, 7) is 0.740. The van der Waals surface area contributed by atoms with Crippen molar-refractivity contribution in [2.45, 2.75) is 19.6 Å². The lowest BCUT2D eigenvalue weighted by molar-refractivity contribution is -0.137. The molecule has 94 valence electrons. The molecule has 0 saturated heterocycles. The minimum Gasteiger partial charge on any atom is -0.480 e. The summed E-state index contributed by atoms with van der Waals surface area (Å²) in [7, 11) is 0. The van der Waals surface area contributed by atoms with Crippen LogP contribution in [0.25, 0.3) is 10.2 Å². The van der Waals surface area contributed by atoms with Crippen LogP contribution in [0.5, 0.6) is 0 Å². The molecule has 7 heteroatoms. The van der Waals surface area contributed by atoms with Gasteiger partial charge in [0, 0.05) is 4.88 Å². The van der Waals surface area contributed by atoms with Crippen LogP contribution >= 0.6 is 11.3 Å². The van der Waals surface area contributed by atoms with Gasteiger partial charge in [0.2, 0.25) is 0 Å². The summed E-state index contributed by atoms with van der Waals surface area (Å²) in [6.07, 6.45) is 1.98. The average Bonchev–Trinajstić information content (AvgIpc) is 2.71. The Morgan fingerprint density at radius 1 is 1.61 bits per heavy atom. The van der Waals surface area contributed by atoms with Crippen molar-refractivity contribution in [1.82, 2.24) is 9.55 Å². The summed E-state index contributed by atoms with van der Waals surface area (Å²) in [5.74, 6) is -1.05. The van der Waals surface area contributed by atoms with E-state index in [0.29, 0.717) is 29.9 Å². The number of fused-ring (bicyclic) bond motifs is 3. The number of carboxylic acids is 1. The first kappa shape index (κ1) is 11.4. The van der Waals surface area contributed by atoms with Crippen molar-refractivity contribution in [3.8, 4) is 0 Å². The molecule has 3 heterocycles. The number of ether oxygens (including phenoxy) is 1. The molecule has 0 atom stereocenters. The molecular formula is C11H10N2O4S. The molecule has 0 saturated carbocycles. The van der Waals surface area contributed by atoms with Gasteiger partial charge in [-0.1, -0.05) is 0 Å². The van der Waals surface area contributed by atoms with Crippen molar-refractivity contribution in [3.05, 3.63) is 27.1 Å². The molecule has 0 radical (unpaired) electrons. The van der Waals surface area contributed by atoms with Gasteiger partial charge in [-0.2, -0.15) is 0 Å². The molecule has 0 amide bonds. The first-order valence-electron chi connectivity index (χ1n) is 5.46. The normalized spacial score (nSPS) is 14.7. The lowest BCUT2D eigenvalue weighted by atomic mass is 10.1. The Bertz CT molecular complexity index is 688. The minimum atomic E-state index is -1.05. The largest absolute Gasteiger partial charge is 0.480 e. The highest BCUT2D eigenvalue weighted by molar-refractivity contribution is 7.18. The van der Waals surface area contributed by atoms with Crippen LogP contribution in [0.2, 0.25) is 0 Å². The highest BCUT2D eigenvalue weighted by Gasteiger charge is 2.20. The predicted octanol–water partition coefficient (Wildman–Crippen LogP) is 0.615. The number of aliphatic carboxylic acids is 1. The van der Waals surface area contributed by atoms with Crippen molar-refractivity contribution in [2.75, 3.05) is 6.61 Å². The number of hydrogen-bond acceptors (Lipinski definition) is 5. The SMILES string of the molecule is O=C(O)Cn1cnc2sc3c(c2c1=O)CCOC3. The summed E-state index contributed by atoms with van der Waals surface area (Å²) < 4.78 is 6.47. The summed E-state index contributed by atoms with van der Waals surface area (Å²) in [5, 5.41) is 9.31. The van der Waals surface area contributed by atoms with Gasteiger partial charge >= 0.3 is 5.97 Å². The van der Waals surface area contributed by atoms with Crippen molar-refractivity contribution in [1.29, 1.82) is 0 Å². The number of aromatic nitrogens is 2. The smallest absolute Gasteiger partial charge is 0.323 e. The van der Waals surface area contributed by atoms with Crippen LogP contribution in [-0.4, -0.2) is 27.2 Å². The van der Waals surface area contributed by atoms with Gasteiger partial charge in [0.25, 0.3) is 5.56 Å². The maximum Gasteiger partial charge on any atom is 0.323 e. The highest BCUT2D eigenvalue weighted by atomic mass is 32.1. The molecule has 0 spiro atoms. The van der Waals surface area contributed by atoms with E-state index in [1.54, 1.807) is 0 Å². The fourth-order valence-corrected chi connectivity index (χ4v) is 3.22. The van der Waals surface area contributed by atoms with Crippen LogP contribution < -0.4 is 5.56 Å². The molecule has 0 bridgehead atoms. The van der Waals surface area contributed by atoms with E-state index in [0.717, 1.165) is 15.0 Å². The quantitative estimate of drug-likeness (QED) is 0.861. The second kappa shape index (κ2) is 4.18. The summed E-state index contributed by atoms with van der Waals surface area (Å²) in [5.41, 5.74) is 0.695. The van der Waals surface area contributed by atoms with Gasteiger partial charge < -0.3 is 9.84 Å². The molecule has 2 aromatic rings. The first-order valence-corrected chi connectivity index (χ1v) is 6.27. The van der Waals surface area contributed by atoms with Gasteiger partial charge in [-0.3, -0.25) is 14.2 Å². The zero-order valence-corrected chi connectivity index (χ0v) is 10.2. The lowest BCUT2D eigenvalue weighted by Crippen LogP contribution is -2.25. The van der Waals surface area contributed by atoms with Gasteiger partial charge in [-0.05, 0) is 12.0 Å². The second-order valence-electron chi connectivity index (χ2n) is 4.06. The van der Waals surface area contributed by atoms with E-state index in [1.807, 2.05) is 0 Å². The third-order valence-corrected chi connectivity index (χ3v) is 4.01. The molecule has 0 fully saturated rings. The summed E-state index contributed by atoms with van der Waals surface area (Å²) in [6, 6.07) is 0. The van der Waals surface area contributed by atoms with Gasteiger partial charge in [0.05, 0.1) is 24.9 Å². The first-order chi connectivity index (χ1) is 8.66. The topological polar surface area (TPSA) is 81.4 Å². The summed E-state index contributed by atoms with van der Waals surface area (Å²) >= 11 is 1.44. The van der Waals surface area contributed by atoms with Crippen LogP contribution in [-0.2, 0) is 29.1 Å². The van der Waals surface area contributed by atoms with E-state index in [4.69, 9.17) is 9.84 Å². The zero-order valence-electron chi connectivity index (χ0n) is 9.38. The van der Waals surface area contributed by atoms with Crippen LogP contribution in [0.4, 0.5) is 0 Å². The maximum absolute atomic E-state index is 12.2. The van der Waals surface area contributed by atoms with Crippen molar-refractivity contribution >= 4 is 27.5 Å². The van der Waals surface area contributed by atoms with E-state index in [1.165, 1.54) is 17.7 Å². The molecule has 0 aromatic carbocycles. The van der Waals surface area contributed by atoms with E-state index >= 15 is 0 Å². The Morgan fingerprint density at radius 2 is 2.44 bits per heavy atom. The van der Waals surface area contributed by atoms with Crippen molar-refractivity contribution in [2.24, 2.45) is 0 Å². The number of hydrogen-bond donors (Lipinski definition) is 1. The second-order valence-corrected chi connectivity index (χ2v) is 5.14. The van der Waals surface area contributed by atoms with Crippen molar-refractivity contribution < 1.29 is 14.6 Å². The van der Waals surface area contributed by atoms with Gasteiger partial charge in [0.1, 0.15) is 11.4 Å². The Kier molecular flexibility index (Phi) is 2.64. The molecule has 3 rings (SSSR count). The number of carbonyl (C=O) groups is 1. The monoisotopic (exact) mass is 266 g/mol. The fraction of sp³-hybridized carbons (Fsp3) is 0.364. The lowest BCUT2D eigenvalue weighted by Gasteiger charge is -2.11. The van der Waals surface area contributed by atoms with Gasteiger partial charge in [-0.15, -0.1) is 11.3 Å². The molecule has 2 aromatic heterocycles. The molecule has 18 heavy (non-hydrogen) atoms. The Hall–Kier alpha value is -1.73. The van der Waals surface area contributed by atoms with E-state index in [9.17, 15) is 9.59 Å². The maximum atomic E-state index is 12.2. The van der Waals surface area contributed by atoms with Crippen LogP contribution in [0.1, 0.15) is 10.4 Å². The molecular weight excluding hydrogens is 256 g/mol. The molecule has 0 aliphatic carbocycles. The Labute approximate surface area is 105 Å².